The zero-order valence-corrected chi connectivity index (χ0v) is 20.0. The standard InChI is InChI=1S/3C6H11O.C5H5.Zr/c3*1-3-4-5-6(2)7;1-2-4-5-3-1;/h3*3,6H,1,4-5H2,2H3;1-3H,4H2;/q4*-1;+4. The van der Waals surface area contributed by atoms with Crippen molar-refractivity contribution >= 4 is 0 Å². The van der Waals surface area contributed by atoms with Crippen LogP contribution >= 0.6 is 0 Å². The predicted octanol–water partition coefficient (Wildman–Crippen LogP) is 3.41. The van der Waals surface area contributed by atoms with E-state index in [1.165, 1.54) is 0 Å². The summed E-state index contributed by atoms with van der Waals surface area (Å²) in [7, 11) is 0. The Kier molecular flexibility index (Phi) is 38.0. The van der Waals surface area contributed by atoms with Gasteiger partial charge in [-0.25, -0.2) is 12.2 Å². The summed E-state index contributed by atoms with van der Waals surface area (Å²) in [5.41, 5.74) is 0. The van der Waals surface area contributed by atoms with Gasteiger partial charge in [0.05, 0.1) is 0 Å². The smallest absolute Gasteiger partial charge is 0.852 e. The van der Waals surface area contributed by atoms with E-state index < -0.39 is 18.3 Å². The second-order valence-corrected chi connectivity index (χ2v) is 6.03. The van der Waals surface area contributed by atoms with Gasteiger partial charge in [-0.15, -0.1) is 44.5 Å². The number of rotatable bonds is 9. The van der Waals surface area contributed by atoms with Gasteiger partial charge in [0.1, 0.15) is 0 Å². The Hall–Kier alpha value is -0.537. The second kappa shape index (κ2) is 30.2. The average Bonchev–Trinajstić information content (AvgIpc) is 3.17. The maximum absolute atomic E-state index is 10.2. The summed E-state index contributed by atoms with van der Waals surface area (Å²) in [6.45, 7) is 15.5. The summed E-state index contributed by atoms with van der Waals surface area (Å²) in [4.78, 5) is 0. The molecular formula is C23H38O3Zr. The van der Waals surface area contributed by atoms with Crippen LogP contribution < -0.4 is 15.3 Å². The van der Waals surface area contributed by atoms with E-state index in [0.29, 0.717) is 0 Å². The Balaban J connectivity index is -0.000000130. The van der Waals surface area contributed by atoms with E-state index in [4.69, 9.17) is 0 Å². The van der Waals surface area contributed by atoms with E-state index in [1.807, 2.05) is 12.2 Å². The van der Waals surface area contributed by atoms with Gasteiger partial charge in [-0.3, -0.25) is 6.08 Å². The van der Waals surface area contributed by atoms with Gasteiger partial charge >= 0.3 is 26.2 Å². The van der Waals surface area contributed by atoms with Crippen LogP contribution in [0.25, 0.3) is 0 Å². The molecule has 1 aliphatic carbocycles. The molecule has 152 valence electrons. The van der Waals surface area contributed by atoms with E-state index in [1.54, 1.807) is 39.0 Å². The molecule has 0 amide bonds. The van der Waals surface area contributed by atoms with Gasteiger partial charge in [0.2, 0.25) is 0 Å². The second-order valence-electron chi connectivity index (χ2n) is 6.03. The summed E-state index contributed by atoms with van der Waals surface area (Å²) in [5.74, 6) is 0. The van der Waals surface area contributed by atoms with Crippen LogP contribution in [0.2, 0.25) is 0 Å². The van der Waals surface area contributed by atoms with E-state index in [9.17, 15) is 15.3 Å². The summed E-state index contributed by atoms with van der Waals surface area (Å²) in [6, 6.07) is 0. The van der Waals surface area contributed by atoms with Gasteiger partial charge in [0.15, 0.2) is 0 Å². The van der Waals surface area contributed by atoms with Crippen molar-refractivity contribution in [3.63, 3.8) is 0 Å². The molecular weight excluding hydrogens is 415 g/mol. The third-order valence-electron chi connectivity index (χ3n) is 2.92. The van der Waals surface area contributed by atoms with Gasteiger partial charge in [0, 0.05) is 0 Å². The summed E-state index contributed by atoms with van der Waals surface area (Å²) >= 11 is 0. The minimum atomic E-state index is -0.419. The molecule has 0 saturated carbocycles. The van der Waals surface area contributed by atoms with Gasteiger partial charge in [-0.2, -0.15) is 6.08 Å². The van der Waals surface area contributed by atoms with E-state index in [-0.39, 0.29) is 26.2 Å². The van der Waals surface area contributed by atoms with Crippen LogP contribution in [0.1, 0.15) is 65.7 Å². The molecule has 3 nitrogen and oxygen atoms in total. The predicted molar refractivity (Wildman–Crippen MR) is 108 cm³/mol. The van der Waals surface area contributed by atoms with Crippen LogP contribution in [-0.4, -0.2) is 18.3 Å². The summed E-state index contributed by atoms with van der Waals surface area (Å²) in [5, 5.41) is 30.7. The normalized spacial score (nSPS) is 13.7. The van der Waals surface area contributed by atoms with Crippen LogP contribution in [0.5, 0.6) is 0 Å². The Labute approximate surface area is 187 Å². The first-order valence-corrected chi connectivity index (χ1v) is 9.33. The maximum atomic E-state index is 10.2. The molecule has 0 heterocycles. The molecule has 0 fully saturated rings. The van der Waals surface area contributed by atoms with Gasteiger partial charge in [-0.05, 0) is 19.3 Å². The third-order valence-corrected chi connectivity index (χ3v) is 2.92. The van der Waals surface area contributed by atoms with E-state index >= 15 is 0 Å². The zero-order valence-electron chi connectivity index (χ0n) is 17.5. The van der Waals surface area contributed by atoms with Crippen LogP contribution in [0.4, 0.5) is 0 Å². The van der Waals surface area contributed by atoms with Crippen LogP contribution in [0.15, 0.2) is 56.2 Å². The molecule has 0 aromatic heterocycles. The van der Waals surface area contributed by atoms with Crippen LogP contribution in [0, 0.1) is 6.08 Å². The van der Waals surface area contributed by atoms with Gasteiger partial charge < -0.3 is 15.3 Å². The van der Waals surface area contributed by atoms with Crippen molar-refractivity contribution in [2.75, 3.05) is 0 Å². The summed E-state index contributed by atoms with van der Waals surface area (Å²) in [6.07, 6.45) is 18.8. The molecule has 3 unspecified atom stereocenters. The molecule has 0 bridgehead atoms. The molecule has 0 N–H and O–H groups in total. The minimum absolute atomic E-state index is 0. The van der Waals surface area contributed by atoms with Crippen molar-refractivity contribution in [2.24, 2.45) is 0 Å². The van der Waals surface area contributed by atoms with Gasteiger partial charge in [0.25, 0.3) is 0 Å². The molecule has 3 atom stereocenters. The van der Waals surface area contributed by atoms with Crippen LogP contribution in [-0.2, 0) is 26.2 Å². The maximum Gasteiger partial charge on any atom is 4.00 e. The average molecular weight is 454 g/mol. The van der Waals surface area contributed by atoms with Crippen molar-refractivity contribution in [3.05, 3.63) is 62.3 Å². The minimum Gasteiger partial charge on any atom is -0.852 e. The van der Waals surface area contributed by atoms with E-state index in [0.717, 1.165) is 44.9 Å². The van der Waals surface area contributed by atoms with Crippen LogP contribution in [0.3, 0.4) is 0 Å². The fourth-order valence-electron chi connectivity index (χ4n) is 1.40. The molecule has 0 radical (unpaired) electrons. The van der Waals surface area contributed by atoms with Crippen molar-refractivity contribution in [1.29, 1.82) is 0 Å². The molecule has 4 heteroatoms. The van der Waals surface area contributed by atoms with Crippen molar-refractivity contribution < 1.29 is 41.5 Å². The van der Waals surface area contributed by atoms with E-state index in [2.05, 4.69) is 31.9 Å². The molecule has 1 rings (SSSR count). The first-order chi connectivity index (χ1) is 12.3. The molecule has 0 aromatic rings. The Morgan fingerprint density at radius 2 is 1.15 bits per heavy atom. The fraction of sp³-hybridized carbons (Fsp3) is 0.565. The third kappa shape index (κ3) is 51.7. The first-order valence-electron chi connectivity index (χ1n) is 9.33. The topological polar surface area (TPSA) is 69.2 Å². The molecule has 27 heavy (non-hydrogen) atoms. The monoisotopic (exact) mass is 452 g/mol. The van der Waals surface area contributed by atoms with Gasteiger partial charge in [-0.1, -0.05) is 58.3 Å². The first kappa shape index (κ1) is 34.0. The number of hydrogen-bond donors (Lipinski definition) is 0. The molecule has 0 saturated heterocycles. The largest absolute Gasteiger partial charge is 4.00 e. The Morgan fingerprint density at radius 3 is 1.22 bits per heavy atom. The molecule has 0 spiro atoms. The van der Waals surface area contributed by atoms with Crippen molar-refractivity contribution in [1.82, 2.24) is 0 Å². The van der Waals surface area contributed by atoms with Crippen molar-refractivity contribution in [3.8, 4) is 0 Å². The Morgan fingerprint density at radius 1 is 0.815 bits per heavy atom. The molecule has 0 aromatic carbocycles. The number of hydrogen-bond acceptors (Lipinski definition) is 3. The fourth-order valence-corrected chi connectivity index (χ4v) is 1.40. The number of allylic oxidation sites excluding steroid dienone is 7. The summed E-state index contributed by atoms with van der Waals surface area (Å²) < 4.78 is 0. The quantitative estimate of drug-likeness (QED) is 0.397. The zero-order chi connectivity index (χ0) is 20.6. The SMILES string of the molecule is C=CCCC(C)[O-].C=CCCC(C)[O-].C=CCCC(C)[O-].[C-]1=CC=CC1.[Zr+4]. The Bertz CT molecular complexity index is 311. The molecule has 1 aliphatic rings. The molecule has 0 aliphatic heterocycles. The van der Waals surface area contributed by atoms with Crippen molar-refractivity contribution in [2.45, 2.75) is 84.0 Å².